The fourth-order valence-electron chi connectivity index (χ4n) is 5.28. The van der Waals surface area contributed by atoms with Crippen LogP contribution in [-0.4, -0.2) is 66.0 Å². The van der Waals surface area contributed by atoms with Gasteiger partial charge in [0.15, 0.2) is 5.82 Å². The molecule has 0 saturated heterocycles. The minimum Gasteiger partial charge on any atom is -0.494 e. The Labute approximate surface area is 279 Å². The van der Waals surface area contributed by atoms with E-state index >= 15 is 0 Å². The Kier molecular flexibility index (Phi) is 11.3. The minimum atomic E-state index is -1.40. The van der Waals surface area contributed by atoms with Crippen molar-refractivity contribution >= 4 is 51.2 Å². The topological polar surface area (TPSA) is 127 Å². The van der Waals surface area contributed by atoms with E-state index in [-0.39, 0.29) is 5.97 Å². The lowest BCUT2D eigenvalue weighted by Crippen LogP contribution is -2.23. The quantitative estimate of drug-likeness (QED) is 0.0853. The lowest BCUT2D eigenvalue weighted by atomic mass is 10.1. The molecule has 1 unspecified atom stereocenters. The van der Waals surface area contributed by atoms with Gasteiger partial charge in [-0.1, -0.05) is 19.3 Å². The predicted octanol–water partition coefficient (Wildman–Crippen LogP) is 6.95. The van der Waals surface area contributed by atoms with Crippen LogP contribution in [0.25, 0.3) is 33.6 Å². The first-order valence-corrected chi connectivity index (χ1v) is 17.0. The van der Waals surface area contributed by atoms with Crippen molar-refractivity contribution in [3.8, 4) is 17.3 Å². The zero-order valence-electron chi connectivity index (χ0n) is 29.0. The van der Waals surface area contributed by atoms with E-state index in [4.69, 9.17) is 24.2 Å². The van der Waals surface area contributed by atoms with Crippen LogP contribution in [-0.2, 0) is 38.8 Å². The zero-order chi connectivity index (χ0) is 34.5. The first kappa shape index (κ1) is 35.8. The van der Waals surface area contributed by atoms with Gasteiger partial charge in [-0.3, -0.25) is 4.79 Å². The molecule has 0 aliphatic carbocycles. The Morgan fingerprint density at radius 3 is 2.32 bits per heavy atom. The van der Waals surface area contributed by atoms with Gasteiger partial charge in [-0.05, 0) is 84.7 Å². The van der Waals surface area contributed by atoms with Gasteiger partial charge in [-0.2, -0.15) is 4.40 Å². The largest absolute Gasteiger partial charge is 0.494 e. The molecule has 1 aromatic carbocycles. The van der Waals surface area contributed by atoms with Crippen molar-refractivity contribution in [1.29, 1.82) is 0 Å². The average Bonchev–Trinajstić information content (AvgIpc) is 3.53. The van der Waals surface area contributed by atoms with Gasteiger partial charge in [-0.25, -0.2) is 19.0 Å². The Bertz CT molecular complexity index is 1810. The number of aryl methyl sites for hydroxylation is 2. The van der Waals surface area contributed by atoms with Crippen molar-refractivity contribution in [3.63, 3.8) is 0 Å². The van der Waals surface area contributed by atoms with Gasteiger partial charge in [0.05, 0.1) is 47.6 Å². The SMILES string of the molecule is COC(=O)c1cc(OC)c2c(c1)nc(-c1cc3ccc(/C=N/S(=O)C(C)(C)C)nc3n1CCCCCCCC(=O)OC(C)(C)C)n2C. The molecule has 0 aliphatic rings. The number of methoxy groups -OCH3 is 2. The second-order valence-corrected chi connectivity index (χ2v) is 15.5. The number of unbranched alkanes of at least 4 members (excludes halogenated alkanes) is 4. The molecular formula is C35H47N5O6S. The third kappa shape index (κ3) is 8.85. The summed E-state index contributed by atoms with van der Waals surface area (Å²) in [6.07, 6.45) is 6.57. The molecule has 0 spiro atoms. The van der Waals surface area contributed by atoms with Crippen molar-refractivity contribution < 1.29 is 28.0 Å². The van der Waals surface area contributed by atoms with Crippen LogP contribution in [0.4, 0.5) is 0 Å². The summed E-state index contributed by atoms with van der Waals surface area (Å²) in [5.74, 6) is 0.584. The van der Waals surface area contributed by atoms with Gasteiger partial charge >= 0.3 is 11.9 Å². The summed E-state index contributed by atoms with van der Waals surface area (Å²) in [6.45, 7) is 12.0. The van der Waals surface area contributed by atoms with Gasteiger partial charge in [0, 0.05) is 25.4 Å². The number of hydrogen-bond donors (Lipinski definition) is 0. The maximum Gasteiger partial charge on any atom is 0.338 e. The summed E-state index contributed by atoms with van der Waals surface area (Å²) in [6, 6.07) is 9.28. The highest BCUT2D eigenvalue weighted by molar-refractivity contribution is 7.85. The van der Waals surface area contributed by atoms with Gasteiger partial charge in [0.1, 0.15) is 33.5 Å². The van der Waals surface area contributed by atoms with E-state index in [0.717, 1.165) is 54.3 Å². The number of esters is 2. The molecule has 0 aliphatic heterocycles. The highest BCUT2D eigenvalue weighted by atomic mass is 32.2. The molecule has 3 aromatic heterocycles. The van der Waals surface area contributed by atoms with Crippen LogP contribution in [0.5, 0.6) is 5.75 Å². The van der Waals surface area contributed by atoms with Crippen molar-refractivity contribution in [3.05, 3.63) is 41.6 Å². The first-order valence-electron chi connectivity index (χ1n) is 15.9. The summed E-state index contributed by atoms with van der Waals surface area (Å²) in [5.41, 5.74) is 3.49. The molecule has 11 nitrogen and oxygen atoms in total. The number of fused-ring (bicyclic) bond motifs is 2. The van der Waals surface area contributed by atoms with Crippen LogP contribution >= 0.6 is 0 Å². The predicted molar refractivity (Wildman–Crippen MR) is 186 cm³/mol. The van der Waals surface area contributed by atoms with Crippen LogP contribution in [0.2, 0.25) is 0 Å². The second kappa shape index (κ2) is 14.8. The van der Waals surface area contributed by atoms with Crippen molar-refractivity contribution in [2.45, 2.75) is 97.0 Å². The third-order valence-corrected chi connectivity index (χ3v) is 8.90. The number of ether oxygens (including phenoxy) is 3. The number of rotatable bonds is 13. The number of benzene rings is 1. The smallest absolute Gasteiger partial charge is 0.338 e. The summed E-state index contributed by atoms with van der Waals surface area (Å²) in [5, 5.41) is 0.931. The van der Waals surface area contributed by atoms with E-state index < -0.39 is 27.3 Å². The standard InChI is InChI=1S/C35H47N5O6S/c1-34(2,3)46-29(41)15-13-11-10-12-14-18-40-27(20-23-16-17-25(37-31(23)40)22-36-47(43)35(4,5)6)32-38-26-19-24(33(42)45-9)21-28(44-8)30(26)39(32)7/h16-17,19-22H,10-15,18H2,1-9H3/b36-22+. The Morgan fingerprint density at radius 1 is 0.957 bits per heavy atom. The van der Waals surface area contributed by atoms with E-state index in [1.165, 1.54) is 7.11 Å². The maximum absolute atomic E-state index is 12.6. The van der Waals surface area contributed by atoms with E-state index in [1.807, 2.05) is 65.3 Å². The normalized spacial score (nSPS) is 13.0. The van der Waals surface area contributed by atoms with Crippen molar-refractivity contribution in [1.82, 2.24) is 19.1 Å². The Balaban J connectivity index is 1.65. The fourth-order valence-corrected chi connectivity index (χ4v) is 5.80. The molecular weight excluding hydrogens is 618 g/mol. The van der Waals surface area contributed by atoms with Crippen LogP contribution < -0.4 is 4.74 Å². The highest BCUT2D eigenvalue weighted by Gasteiger charge is 2.22. The monoisotopic (exact) mass is 665 g/mol. The maximum atomic E-state index is 12.6. The summed E-state index contributed by atoms with van der Waals surface area (Å²) in [7, 11) is 3.42. The molecule has 0 radical (unpaired) electrons. The number of pyridine rings is 1. The molecule has 1 atom stereocenters. The molecule has 3 heterocycles. The van der Waals surface area contributed by atoms with Crippen molar-refractivity contribution in [2.24, 2.45) is 11.4 Å². The van der Waals surface area contributed by atoms with E-state index in [0.29, 0.717) is 41.3 Å². The van der Waals surface area contributed by atoms with Crippen LogP contribution in [0.15, 0.2) is 34.7 Å². The molecule has 4 aromatic rings. The molecule has 4 rings (SSSR count). The summed E-state index contributed by atoms with van der Waals surface area (Å²) < 4.78 is 36.5. The molecule has 47 heavy (non-hydrogen) atoms. The molecule has 0 N–H and O–H groups in total. The zero-order valence-corrected chi connectivity index (χ0v) is 29.8. The Hall–Kier alpha value is -4.06. The second-order valence-electron chi connectivity index (χ2n) is 13.6. The third-order valence-electron chi connectivity index (χ3n) is 7.56. The number of carbonyl (C=O) groups is 2. The van der Waals surface area contributed by atoms with E-state index in [9.17, 15) is 13.8 Å². The Morgan fingerprint density at radius 2 is 1.66 bits per heavy atom. The molecule has 0 saturated carbocycles. The fraction of sp³-hybridized carbons (Fsp3) is 0.514. The number of hydrogen-bond acceptors (Lipinski definition) is 8. The number of aromatic nitrogens is 4. The van der Waals surface area contributed by atoms with Crippen molar-refractivity contribution in [2.75, 3.05) is 14.2 Å². The van der Waals surface area contributed by atoms with Crippen LogP contribution in [0, 0.1) is 0 Å². The van der Waals surface area contributed by atoms with Gasteiger partial charge < -0.3 is 23.3 Å². The van der Waals surface area contributed by atoms with Crippen LogP contribution in [0.1, 0.15) is 96.1 Å². The summed E-state index contributed by atoms with van der Waals surface area (Å²) in [4.78, 5) is 34.3. The number of imidazole rings is 1. The highest BCUT2D eigenvalue weighted by Crippen LogP contribution is 2.34. The van der Waals surface area contributed by atoms with Crippen LogP contribution in [0.3, 0.4) is 0 Å². The lowest BCUT2D eigenvalue weighted by Gasteiger charge is -2.19. The number of carbonyl (C=O) groups excluding carboxylic acids is 2. The molecule has 0 bridgehead atoms. The first-order chi connectivity index (χ1) is 22.1. The van der Waals surface area contributed by atoms with E-state index in [1.54, 1.807) is 25.5 Å². The number of nitrogens with zero attached hydrogens (tertiary/aromatic N) is 5. The van der Waals surface area contributed by atoms with Gasteiger partial charge in [-0.15, -0.1) is 0 Å². The van der Waals surface area contributed by atoms with Gasteiger partial charge in [0.2, 0.25) is 0 Å². The van der Waals surface area contributed by atoms with E-state index in [2.05, 4.69) is 15.0 Å². The molecule has 0 fully saturated rings. The lowest BCUT2D eigenvalue weighted by molar-refractivity contribution is -0.154. The average molecular weight is 666 g/mol. The molecule has 12 heteroatoms. The molecule has 0 amide bonds. The van der Waals surface area contributed by atoms with Gasteiger partial charge in [0.25, 0.3) is 0 Å². The minimum absolute atomic E-state index is 0.157. The molecule has 254 valence electrons. The summed E-state index contributed by atoms with van der Waals surface area (Å²) >= 11 is 0.